The molecule has 1 aromatic rings. The summed E-state index contributed by atoms with van der Waals surface area (Å²) in [6.45, 7) is 5.85. The second-order valence-electron chi connectivity index (χ2n) is 4.25. The molecule has 2 unspecified atom stereocenters. The fraction of sp³-hybridized carbons (Fsp3) is 0.700. The molecule has 0 saturated heterocycles. The van der Waals surface area contributed by atoms with Gasteiger partial charge < -0.3 is 4.57 Å². The monoisotopic (exact) mass is 279 g/mol. The molecule has 0 amide bonds. The van der Waals surface area contributed by atoms with Gasteiger partial charge in [-0.1, -0.05) is 31.9 Å². The van der Waals surface area contributed by atoms with Crippen molar-refractivity contribution in [3.05, 3.63) is 11.5 Å². The van der Waals surface area contributed by atoms with Gasteiger partial charge in [-0.05, 0) is 12.8 Å². The number of hydrogen-bond acceptors (Lipinski definition) is 3. The van der Waals surface area contributed by atoms with Crippen LogP contribution < -0.4 is 4.72 Å². The molecular weight excluding hydrogens is 262 g/mol. The lowest BCUT2D eigenvalue weighted by Crippen LogP contribution is -2.37. The minimum atomic E-state index is -3.64. The maximum absolute atomic E-state index is 12.0. The van der Waals surface area contributed by atoms with Crippen molar-refractivity contribution in [2.24, 2.45) is 13.0 Å². The molecule has 7 heteroatoms. The molecule has 1 aromatic heterocycles. The van der Waals surface area contributed by atoms with Crippen LogP contribution in [0.15, 0.2) is 11.4 Å². The first-order valence-corrected chi connectivity index (χ1v) is 7.34. The van der Waals surface area contributed by atoms with Crippen molar-refractivity contribution in [1.82, 2.24) is 14.3 Å². The smallest absolute Gasteiger partial charge is 0.261 e. The highest BCUT2D eigenvalue weighted by Gasteiger charge is 2.25. The number of nitrogens with zero attached hydrogens (tertiary/aromatic N) is 2. The van der Waals surface area contributed by atoms with Crippen LogP contribution in [-0.2, 0) is 17.1 Å². The first-order chi connectivity index (χ1) is 7.79. The van der Waals surface area contributed by atoms with E-state index in [4.69, 9.17) is 11.6 Å². The molecule has 0 fully saturated rings. The zero-order valence-corrected chi connectivity index (χ0v) is 12.0. The van der Waals surface area contributed by atoms with E-state index in [9.17, 15) is 8.42 Å². The quantitative estimate of drug-likeness (QED) is 0.894. The summed E-state index contributed by atoms with van der Waals surface area (Å²) < 4.78 is 28.1. The molecule has 0 aliphatic heterocycles. The Morgan fingerprint density at radius 2 is 2.12 bits per heavy atom. The number of aryl methyl sites for hydroxylation is 1. The highest BCUT2D eigenvalue weighted by atomic mass is 35.5. The minimum absolute atomic E-state index is 0.114. The van der Waals surface area contributed by atoms with E-state index in [1.807, 2.05) is 20.8 Å². The first kappa shape index (κ1) is 14.5. The standard InChI is InChI=1S/C10H18ClN3O2S/c1-5-7(2)8(3)13-17(15,16)10-9(11)14(4)6-12-10/h6-8,13H,5H2,1-4H3. The summed E-state index contributed by atoms with van der Waals surface area (Å²) >= 11 is 5.87. The Bertz CT molecular complexity index is 484. The van der Waals surface area contributed by atoms with Crippen LogP contribution in [0.4, 0.5) is 0 Å². The molecule has 1 N–H and O–H groups in total. The molecule has 2 atom stereocenters. The van der Waals surface area contributed by atoms with E-state index in [0.29, 0.717) is 0 Å². The summed E-state index contributed by atoms with van der Waals surface area (Å²) in [5, 5.41) is 0.00525. The van der Waals surface area contributed by atoms with Crippen molar-refractivity contribution < 1.29 is 8.42 Å². The molecule has 0 radical (unpaired) electrons. The Morgan fingerprint density at radius 3 is 2.53 bits per heavy atom. The third kappa shape index (κ3) is 3.20. The van der Waals surface area contributed by atoms with E-state index < -0.39 is 10.0 Å². The Labute approximate surface area is 107 Å². The number of rotatable bonds is 5. The lowest BCUT2D eigenvalue weighted by Gasteiger charge is -2.19. The molecule has 0 bridgehead atoms. The van der Waals surface area contributed by atoms with Gasteiger partial charge in [0.2, 0.25) is 5.03 Å². The van der Waals surface area contributed by atoms with Crippen LogP contribution in [0.25, 0.3) is 0 Å². The molecular formula is C10H18ClN3O2S. The Morgan fingerprint density at radius 1 is 1.53 bits per heavy atom. The van der Waals surface area contributed by atoms with Gasteiger partial charge in [-0.25, -0.2) is 18.1 Å². The van der Waals surface area contributed by atoms with Gasteiger partial charge in [-0.15, -0.1) is 0 Å². The summed E-state index contributed by atoms with van der Waals surface area (Å²) in [6, 6.07) is -0.150. The van der Waals surface area contributed by atoms with Crippen molar-refractivity contribution >= 4 is 21.6 Å². The van der Waals surface area contributed by atoms with E-state index in [0.717, 1.165) is 6.42 Å². The van der Waals surface area contributed by atoms with E-state index in [-0.39, 0.29) is 22.1 Å². The van der Waals surface area contributed by atoms with Gasteiger partial charge in [0.05, 0.1) is 6.33 Å². The number of aromatic nitrogens is 2. The van der Waals surface area contributed by atoms with Gasteiger partial charge in [0.25, 0.3) is 10.0 Å². The first-order valence-electron chi connectivity index (χ1n) is 5.48. The third-order valence-electron chi connectivity index (χ3n) is 2.93. The summed E-state index contributed by atoms with van der Waals surface area (Å²) in [6.07, 6.45) is 2.28. The number of halogens is 1. The largest absolute Gasteiger partial charge is 0.324 e. The summed E-state index contributed by atoms with van der Waals surface area (Å²) in [7, 11) is -1.99. The molecule has 98 valence electrons. The average Bonchev–Trinajstić information content (AvgIpc) is 2.58. The van der Waals surface area contributed by atoms with Crippen LogP contribution in [-0.4, -0.2) is 24.0 Å². The predicted molar refractivity (Wildman–Crippen MR) is 67.5 cm³/mol. The topological polar surface area (TPSA) is 64.0 Å². The Hall–Kier alpha value is -0.590. The van der Waals surface area contributed by atoms with Crippen molar-refractivity contribution in [2.45, 2.75) is 38.3 Å². The number of nitrogens with one attached hydrogen (secondary N) is 1. The lowest BCUT2D eigenvalue weighted by molar-refractivity contribution is 0.433. The van der Waals surface area contributed by atoms with Crippen LogP contribution >= 0.6 is 11.6 Å². The fourth-order valence-corrected chi connectivity index (χ4v) is 3.13. The second-order valence-corrected chi connectivity index (χ2v) is 6.23. The van der Waals surface area contributed by atoms with Gasteiger partial charge in [0, 0.05) is 13.1 Å². The lowest BCUT2D eigenvalue weighted by atomic mass is 10.0. The van der Waals surface area contributed by atoms with E-state index >= 15 is 0 Å². The van der Waals surface area contributed by atoms with Crippen molar-refractivity contribution in [3.8, 4) is 0 Å². The van der Waals surface area contributed by atoms with Crippen molar-refractivity contribution in [1.29, 1.82) is 0 Å². The van der Waals surface area contributed by atoms with Crippen LogP contribution in [0.5, 0.6) is 0 Å². The normalized spacial score (nSPS) is 15.8. The Kier molecular flexibility index (Phi) is 4.57. The molecule has 17 heavy (non-hydrogen) atoms. The zero-order chi connectivity index (χ0) is 13.2. The van der Waals surface area contributed by atoms with Crippen LogP contribution in [0, 0.1) is 5.92 Å². The molecule has 0 spiro atoms. The molecule has 0 aliphatic rings. The molecule has 1 rings (SSSR count). The van der Waals surface area contributed by atoms with E-state index in [2.05, 4.69) is 9.71 Å². The van der Waals surface area contributed by atoms with E-state index in [1.165, 1.54) is 10.9 Å². The average molecular weight is 280 g/mol. The van der Waals surface area contributed by atoms with E-state index in [1.54, 1.807) is 7.05 Å². The fourth-order valence-electron chi connectivity index (χ4n) is 1.34. The van der Waals surface area contributed by atoms with Gasteiger partial charge in [-0.3, -0.25) is 0 Å². The summed E-state index contributed by atoms with van der Waals surface area (Å²) in [4.78, 5) is 3.81. The summed E-state index contributed by atoms with van der Waals surface area (Å²) in [5.74, 6) is 0.257. The predicted octanol–water partition coefficient (Wildman–Crippen LogP) is 1.79. The molecule has 0 aliphatic carbocycles. The highest BCUT2D eigenvalue weighted by Crippen LogP contribution is 2.19. The van der Waals surface area contributed by atoms with Crippen LogP contribution in [0.1, 0.15) is 27.2 Å². The molecule has 1 heterocycles. The summed E-state index contributed by atoms with van der Waals surface area (Å²) in [5.41, 5.74) is 0. The van der Waals surface area contributed by atoms with Crippen LogP contribution in [0.3, 0.4) is 0 Å². The maximum atomic E-state index is 12.0. The number of imidazole rings is 1. The maximum Gasteiger partial charge on any atom is 0.261 e. The minimum Gasteiger partial charge on any atom is -0.324 e. The number of hydrogen-bond donors (Lipinski definition) is 1. The molecule has 0 saturated carbocycles. The van der Waals surface area contributed by atoms with Crippen molar-refractivity contribution in [3.63, 3.8) is 0 Å². The third-order valence-corrected chi connectivity index (χ3v) is 4.98. The Balaban J connectivity index is 2.94. The second kappa shape index (κ2) is 5.37. The van der Waals surface area contributed by atoms with Crippen LogP contribution in [0.2, 0.25) is 5.15 Å². The zero-order valence-electron chi connectivity index (χ0n) is 10.4. The SMILES string of the molecule is CCC(C)C(C)NS(=O)(=O)c1ncn(C)c1Cl. The molecule has 0 aromatic carbocycles. The van der Waals surface area contributed by atoms with Gasteiger partial charge in [-0.2, -0.15) is 0 Å². The van der Waals surface area contributed by atoms with Gasteiger partial charge in [0.1, 0.15) is 5.15 Å². The van der Waals surface area contributed by atoms with Crippen molar-refractivity contribution in [2.75, 3.05) is 0 Å². The number of sulfonamides is 1. The highest BCUT2D eigenvalue weighted by molar-refractivity contribution is 7.89. The van der Waals surface area contributed by atoms with Gasteiger partial charge in [0.15, 0.2) is 0 Å². The molecule has 5 nitrogen and oxygen atoms in total. The van der Waals surface area contributed by atoms with Gasteiger partial charge >= 0.3 is 0 Å².